The highest BCUT2D eigenvalue weighted by molar-refractivity contribution is 5.80. The Morgan fingerprint density at radius 1 is 1.35 bits per heavy atom. The van der Waals surface area contributed by atoms with Gasteiger partial charge in [-0.2, -0.15) is 0 Å². The number of aromatic hydroxyl groups is 1. The van der Waals surface area contributed by atoms with Crippen molar-refractivity contribution < 1.29 is 34.4 Å². The van der Waals surface area contributed by atoms with Crippen molar-refractivity contribution in [1.82, 2.24) is 10.2 Å². The van der Waals surface area contributed by atoms with Crippen LogP contribution in [0.2, 0.25) is 0 Å². The summed E-state index contributed by atoms with van der Waals surface area (Å²) in [5, 5.41) is 32.5. The second-order valence-electron chi connectivity index (χ2n) is 9.30. The molecule has 5 rings (SSSR count). The van der Waals surface area contributed by atoms with E-state index in [9.17, 15) is 24.9 Å². The number of phenolic OH excluding ortho intramolecular Hbond substituents is 1. The SMILES string of the molecule is CO[C@@]12CC[C@H](N[C@@H](CC(=O)O)C(=O)O)[C@@H]3Oc4c(O)ccc5c4[C@@]31CCN(C)[C@@H]2C5. The smallest absolute Gasteiger partial charge is 0.321 e. The van der Waals surface area contributed by atoms with Crippen molar-refractivity contribution >= 4 is 11.9 Å². The predicted octanol–water partition coefficient (Wildman–Crippen LogP) is 0.716. The molecule has 0 aromatic heterocycles. The molecular weight excluding hydrogens is 404 g/mol. The van der Waals surface area contributed by atoms with Gasteiger partial charge in [-0.05, 0) is 50.9 Å². The molecule has 0 radical (unpaired) electrons. The second kappa shape index (κ2) is 6.82. The minimum atomic E-state index is -1.22. The van der Waals surface area contributed by atoms with E-state index in [1.807, 2.05) is 6.07 Å². The molecule has 2 heterocycles. The van der Waals surface area contributed by atoms with Crippen LogP contribution in [0, 0.1) is 0 Å². The third kappa shape index (κ3) is 2.54. The zero-order valence-electron chi connectivity index (χ0n) is 17.6. The molecule has 0 amide bonds. The Balaban J connectivity index is 1.63. The fourth-order valence-corrected chi connectivity index (χ4v) is 6.96. The minimum Gasteiger partial charge on any atom is -0.504 e. The van der Waals surface area contributed by atoms with Gasteiger partial charge in [-0.15, -0.1) is 0 Å². The van der Waals surface area contributed by atoms with E-state index < -0.39 is 41.5 Å². The van der Waals surface area contributed by atoms with Gasteiger partial charge in [-0.1, -0.05) is 6.07 Å². The normalized spacial score (nSPS) is 36.4. The highest BCUT2D eigenvalue weighted by Crippen LogP contribution is 2.66. The molecule has 2 aliphatic heterocycles. The van der Waals surface area contributed by atoms with E-state index in [0.717, 1.165) is 30.5 Å². The van der Waals surface area contributed by atoms with Crippen LogP contribution in [0.3, 0.4) is 0 Å². The number of benzene rings is 1. The van der Waals surface area contributed by atoms with E-state index in [2.05, 4.69) is 17.3 Å². The fourth-order valence-electron chi connectivity index (χ4n) is 6.96. The van der Waals surface area contributed by atoms with Crippen LogP contribution in [0.4, 0.5) is 0 Å². The van der Waals surface area contributed by atoms with Gasteiger partial charge in [0.25, 0.3) is 0 Å². The van der Waals surface area contributed by atoms with Gasteiger partial charge in [0.2, 0.25) is 0 Å². The van der Waals surface area contributed by atoms with Crippen molar-refractivity contribution in [2.24, 2.45) is 0 Å². The molecule has 4 N–H and O–H groups in total. The van der Waals surface area contributed by atoms with Crippen LogP contribution in [0.25, 0.3) is 0 Å². The summed E-state index contributed by atoms with van der Waals surface area (Å²) in [5.41, 5.74) is 1.05. The Morgan fingerprint density at radius 3 is 2.81 bits per heavy atom. The lowest BCUT2D eigenvalue weighted by Gasteiger charge is -2.65. The lowest BCUT2D eigenvalue weighted by Crippen LogP contribution is -2.78. The highest BCUT2D eigenvalue weighted by atomic mass is 16.5. The zero-order valence-corrected chi connectivity index (χ0v) is 17.6. The van der Waals surface area contributed by atoms with Crippen LogP contribution in [0.15, 0.2) is 12.1 Å². The van der Waals surface area contributed by atoms with Crippen LogP contribution < -0.4 is 10.1 Å². The van der Waals surface area contributed by atoms with E-state index in [0.29, 0.717) is 18.6 Å². The number of carboxylic acid groups (broad SMARTS) is 2. The molecule has 0 unspecified atom stereocenters. The van der Waals surface area contributed by atoms with Crippen LogP contribution in [0.5, 0.6) is 11.5 Å². The Morgan fingerprint density at radius 2 is 2.13 bits per heavy atom. The standard InChI is InChI=1S/C22H28N2O7/c1-24-8-7-21-17-11-3-4-14(25)18(17)31-19(21)12(23-13(20(28)29)10-16(26)27)5-6-22(21,30-2)15(24)9-11/h3-4,12-13,15,19,23,25H,5-10H2,1-2H3,(H,26,27)(H,28,29)/t12-,13-,15+,19-,21-,22+/m0/s1. The molecule has 2 aliphatic carbocycles. The lowest BCUT2D eigenvalue weighted by molar-refractivity contribution is -0.204. The number of ether oxygens (including phenoxy) is 2. The average molecular weight is 432 g/mol. The van der Waals surface area contributed by atoms with Crippen molar-refractivity contribution in [3.63, 3.8) is 0 Å². The predicted molar refractivity (Wildman–Crippen MR) is 109 cm³/mol. The first kappa shape index (κ1) is 20.5. The number of nitrogens with one attached hydrogen (secondary N) is 1. The Labute approximate surface area is 179 Å². The van der Waals surface area contributed by atoms with Gasteiger partial charge in [0, 0.05) is 24.8 Å². The summed E-state index contributed by atoms with van der Waals surface area (Å²) in [7, 11) is 3.84. The number of nitrogens with zero attached hydrogens (tertiary/aromatic N) is 1. The number of likely N-dealkylation sites (N-methyl/N-ethyl adjacent to an activating group) is 1. The molecule has 1 aromatic rings. The van der Waals surface area contributed by atoms with Gasteiger partial charge in [0.15, 0.2) is 11.5 Å². The number of methoxy groups -OCH3 is 1. The van der Waals surface area contributed by atoms with Crippen molar-refractivity contribution in [3.8, 4) is 11.5 Å². The molecule has 9 heteroatoms. The van der Waals surface area contributed by atoms with Crippen molar-refractivity contribution in [2.45, 2.75) is 67.3 Å². The number of piperidine rings is 1. The Kier molecular flexibility index (Phi) is 4.52. The monoisotopic (exact) mass is 432 g/mol. The first-order chi connectivity index (χ1) is 14.7. The van der Waals surface area contributed by atoms with Gasteiger partial charge in [-0.25, -0.2) is 0 Å². The number of hydrogen-bond donors (Lipinski definition) is 4. The quantitative estimate of drug-likeness (QED) is 0.514. The van der Waals surface area contributed by atoms with E-state index >= 15 is 0 Å². The maximum Gasteiger partial charge on any atom is 0.321 e. The Hall–Kier alpha value is -2.36. The lowest BCUT2D eigenvalue weighted by atomic mass is 9.48. The molecule has 9 nitrogen and oxygen atoms in total. The molecule has 1 spiro atoms. The second-order valence-corrected chi connectivity index (χ2v) is 9.30. The minimum absolute atomic E-state index is 0.0731. The van der Waals surface area contributed by atoms with Gasteiger partial charge >= 0.3 is 11.9 Å². The van der Waals surface area contributed by atoms with Crippen LogP contribution >= 0.6 is 0 Å². The maximum atomic E-state index is 11.7. The van der Waals surface area contributed by atoms with Crippen LogP contribution in [-0.4, -0.2) is 82.7 Å². The third-order valence-corrected chi connectivity index (χ3v) is 8.15. The molecule has 168 valence electrons. The van der Waals surface area contributed by atoms with Crippen LogP contribution in [-0.2, 0) is 26.2 Å². The van der Waals surface area contributed by atoms with E-state index in [1.165, 1.54) is 0 Å². The third-order valence-electron chi connectivity index (χ3n) is 8.15. The number of carboxylic acids is 2. The molecule has 4 aliphatic rings. The van der Waals surface area contributed by atoms with Gasteiger partial charge in [0.1, 0.15) is 12.1 Å². The van der Waals surface area contributed by atoms with Crippen molar-refractivity contribution in [2.75, 3.05) is 20.7 Å². The van der Waals surface area contributed by atoms with Gasteiger partial charge < -0.3 is 29.7 Å². The summed E-state index contributed by atoms with van der Waals surface area (Å²) in [6, 6.07) is 2.14. The molecule has 1 saturated carbocycles. The summed E-state index contributed by atoms with van der Waals surface area (Å²) in [5.74, 6) is -1.84. The molecule has 2 fully saturated rings. The molecule has 1 saturated heterocycles. The summed E-state index contributed by atoms with van der Waals surface area (Å²) in [6.45, 7) is 0.828. The number of phenols is 1. The Bertz CT molecular complexity index is 952. The number of aliphatic carboxylic acids is 2. The first-order valence-corrected chi connectivity index (χ1v) is 10.7. The average Bonchev–Trinajstić information content (AvgIpc) is 3.08. The summed E-state index contributed by atoms with van der Waals surface area (Å²) < 4.78 is 12.8. The summed E-state index contributed by atoms with van der Waals surface area (Å²) >= 11 is 0. The molecular formula is C22H28N2O7. The largest absolute Gasteiger partial charge is 0.504 e. The van der Waals surface area contributed by atoms with Crippen molar-refractivity contribution in [3.05, 3.63) is 23.3 Å². The molecule has 1 aromatic carbocycles. The van der Waals surface area contributed by atoms with Crippen LogP contribution in [0.1, 0.15) is 36.8 Å². The number of likely N-dealkylation sites (tertiary alicyclic amines) is 1. The maximum absolute atomic E-state index is 11.7. The zero-order chi connectivity index (χ0) is 22.1. The summed E-state index contributed by atoms with van der Waals surface area (Å²) in [6.07, 6.45) is 1.82. The highest BCUT2D eigenvalue weighted by Gasteiger charge is 2.73. The fraction of sp³-hybridized carbons (Fsp3) is 0.636. The molecule has 31 heavy (non-hydrogen) atoms. The van der Waals surface area contributed by atoms with Gasteiger partial charge in [0.05, 0.1) is 17.4 Å². The van der Waals surface area contributed by atoms with E-state index in [1.54, 1.807) is 13.2 Å². The van der Waals surface area contributed by atoms with Crippen molar-refractivity contribution in [1.29, 1.82) is 0 Å². The first-order valence-electron chi connectivity index (χ1n) is 10.7. The number of rotatable bonds is 6. The molecule has 2 bridgehead atoms. The topological polar surface area (TPSA) is 129 Å². The van der Waals surface area contributed by atoms with Gasteiger partial charge in [-0.3, -0.25) is 14.9 Å². The molecule has 6 atom stereocenters. The van der Waals surface area contributed by atoms with E-state index in [4.69, 9.17) is 9.47 Å². The number of hydrogen-bond acceptors (Lipinski definition) is 7. The van der Waals surface area contributed by atoms with E-state index in [-0.39, 0.29) is 17.8 Å². The summed E-state index contributed by atoms with van der Waals surface area (Å²) in [4.78, 5) is 25.3. The number of carbonyl (C=O) groups is 2.